The number of carbonyl (C=O) groups excluding carboxylic acids is 2. The fourth-order valence-electron chi connectivity index (χ4n) is 2.11. The fourth-order valence-corrected chi connectivity index (χ4v) is 2.11. The van der Waals surface area contributed by atoms with E-state index in [9.17, 15) is 28.0 Å². The number of alkyl halides is 3. The molecule has 1 aromatic rings. The molecular formula is C16H24F3N5O3. The Bertz CT molecular complexity index is 640. The third-order valence-electron chi connectivity index (χ3n) is 4.27. The first-order valence-electron chi connectivity index (χ1n) is 8.35. The minimum atomic E-state index is -4.64. The van der Waals surface area contributed by atoms with E-state index in [1.807, 2.05) is 20.8 Å². The van der Waals surface area contributed by atoms with Gasteiger partial charge in [0.15, 0.2) is 0 Å². The van der Waals surface area contributed by atoms with Crippen molar-refractivity contribution in [3.05, 3.63) is 18.0 Å². The summed E-state index contributed by atoms with van der Waals surface area (Å²) in [5.74, 6) is -1.81. The number of aromatic nitrogens is 2. The highest BCUT2D eigenvalue weighted by atomic mass is 19.4. The van der Waals surface area contributed by atoms with Gasteiger partial charge in [-0.25, -0.2) is 15.0 Å². The number of anilines is 1. The molecule has 1 rings (SSSR count). The van der Waals surface area contributed by atoms with Crippen molar-refractivity contribution in [3.8, 4) is 0 Å². The van der Waals surface area contributed by atoms with Gasteiger partial charge in [-0.3, -0.25) is 25.6 Å². The molecule has 1 atom stereocenters. The van der Waals surface area contributed by atoms with E-state index < -0.39 is 29.6 Å². The van der Waals surface area contributed by atoms with E-state index in [1.54, 1.807) is 0 Å². The lowest BCUT2D eigenvalue weighted by Crippen LogP contribution is -2.41. The van der Waals surface area contributed by atoms with Gasteiger partial charge in [0.25, 0.3) is 0 Å². The van der Waals surface area contributed by atoms with Gasteiger partial charge >= 0.3 is 6.18 Å². The van der Waals surface area contributed by atoms with Gasteiger partial charge in [-0.05, 0) is 24.3 Å². The van der Waals surface area contributed by atoms with E-state index in [1.165, 1.54) is 0 Å². The molecule has 0 spiro atoms. The van der Waals surface area contributed by atoms with Crippen molar-refractivity contribution in [1.29, 1.82) is 0 Å². The number of amides is 2. The highest BCUT2D eigenvalue weighted by molar-refractivity contribution is 5.80. The van der Waals surface area contributed by atoms with E-state index in [0.29, 0.717) is 24.0 Å². The molecule has 0 saturated heterocycles. The Morgan fingerprint density at radius 1 is 1.41 bits per heavy atom. The molecule has 1 heterocycles. The first-order chi connectivity index (χ1) is 12.5. The predicted octanol–water partition coefficient (Wildman–Crippen LogP) is 2.62. The molecule has 0 aliphatic rings. The predicted molar refractivity (Wildman–Crippen MR) is 90.2 cm³/mol. The Hall–Kier alpha value is -2.43. The van der Waals surface area contributed by atoms with Gasteiger partial charge in [-0.2, -0.15) is 13.2 Å². The summed E-state index contributed by atoms with van der Waals surface area (Å²) < 4.78 is 38.0. The fraction of sp³-hybridized carbons (Fsp3) is 0.625. The van der Waals surface area contributed by atoms with Crippen LogP contribution in [0.15, 0.2) is 12.3 Å². The number of nitrogens with zero attached hydrogens (tertiary/aromatic N) is 3. The van der Waals surface area contributed by atoms with Gasteiger partial charge in [0.1, 0.15) is 5.69 Å². The second kappa shape index (κ2) is 9.49. The van der Waals surface area contributed by atoms with Gasteiger partial charge in [0.2, 0.25) is 18.3 Å². The largest absolute Gasteiger partial charge is 0.433 e. The molecule has 11 heteroatoms. The number of hydrazine groups is 1. The van der Waals surface area contributed by atoms with Gasteiger partial charge in [0, 0.05) is 6.20 Å². The van der Waals surface area contributed by atoms with Gasteiger partial charge in [-0.15, -0.1) is 0 Å². The monoisotopic (exact) mass is 391 g/mol. The molecule has 0 radical (unpaired) electrons. The SMILES string of the molecule is CCC(C)(C)CCC(CN(O)C=O)C(=O)NNc1nccc(C(F)(F)F)n1. The molecule has 2 amide bonds. The van der Waals surface area contributed by atoms with E-state index in [4.69, 9.17) is 0 Å². The molecule has 27 heavy (non-hydrogen) atoms. The normalized spacial score (nSPS) is 13.0. The molecule has 8 nitrogen and oxygen atoms in total. The molecule has 0 aromatic carbocycles. The molecular weight excluding hydrogens is 367 g/mol. The quantitative estimate of drug-likeness (QED) is 0.322. The average Bonchev–Trinajstić information content (AvgIpc) is 2.62. The Labute approximate surface area is 155 Å². The second-order valence-electron chi connectivity index (χ2n) is 6.86. The number of hydrogen-bond acceptors (Lipinski definition) is 6. The van der Waals surface area contributed by atoms with Crippen LogP contribution < -0.4 is 10.9 Å². The smallest absolute Gasteiger partial charge is 0.286 e. The highest BCUT2D eigenvalue weighted by Gasteiger charge is 2.33. The van der Waals surface area contributed by atoms with Crippen LogP contribution in [0.25, 0.3) is 0 Å². The van der Waals surface area contributed by atoms with Crippen molar-refractivity contribution >= 4 is 18.3 Å². The van der Waals surface area contributed by atoms with Crippen LogP contribution >= 0.6 is 0 Å². The summed E-state index contributed by atoms with van der Waals surface area (Å²) in [5.41, 5.74) is 3.26. The summed E-state index contributed by atoms with van der Waals surface area (Å²) in [6, 6.07) is 0.705. The van der Waals surface area contributed by atoms with E-state index in [0.717, 1.165) is 12.6 Å². The maximum atomic E-state index is 12.7. The highest BCUT2D eigenvalue weighted by Crippen LogP contribution is 2.29. The van der Waals surface area contributed by atoms with Gasteiger partial charge < -0.3 is 0 Å². The summed E-state index contributed by atoms with van der Waals surface area (Å²) >= 11 is 0. The lowest BCUT2D eigenvalue weighted by Gasteiger charge is -2.26. The molecule has 152 valence electrons. The van der Waals surface area contributed by atoms with Crippen molar-refractivity contribution in [1.82, 2.24) is 20.5 Å². The Morgan fingerprint density at radius 2 is 2.07 bits per heavy atom. The molecule has 0 aliphatic heterocycles. The van der Waals surface area contributed by atoms with Crippen LogP contribution in [0.5, 0.6) is 0 Å². The summed E-state index contributed by atoms with van der Waals surface area (Å²) in [6.45, 7) is 5.80. The van der Waals surface area contributed by atoms with Crippen LogP contribution in [0.1, 0.15) is 45.7 Å². The summed E-state index contributed by atoms with van der Waals surface area (Å²) in [5, 5.41) is 9.74. The zero-order chi connectivity index (χ0) is 20.7. The van der Waals surface area contributed by atoms with Crippen molar-refractivity contribution in [2.45, 2.75) is 46.2 Å². The van der Waals surface area contributed by atoms with Crippen molar-refractivity contribution < 1.29 is 28.0 Å². The first kappa shape index (κ1) is 22.6. The standard InChI is InChI=1S/C16H24F3N5O3/c1-4-15(2,3)7-5-11(9-24(27)10-25)13(26)22-23-14-20-8-6-12(21-14)16(17,18)19/h6,8,10-11,27H,4-5,7,9H2,1-3H3,(H,22,26)(H,20,21,23). The van der Waals surface area contributed by atoms with Crippen molar-refractivity contribution in [3.63, 3.8) is 0 Å². The summed E-state index contributed by atoms with van der Waals surface area (Å²) in [4.78, 5) is 29.9. The minimum absolute atomic E-state index is 0.0441. The van der Waals surface area contributed by atoms with E-state index in [2.05, 4.69) is 20.8 Å². The number of hydroxylamine groups is 2. The number of hydrogen-bond donors (Lipinski definition) is 3. The topological polar surface area (TPSA) is 107 Å². The molecule has 3 N–H and O–H groups in total. The molecule has 0 bridgehead atoms. The lowest BCUT2D eigenvalue weighted by atomic mass is 9.82. The number of carbonyl (C=O) groups is 2. The number of rotatable bonds is 10. The van der Waals surface area contributed by atoms with E-state index in [-0.39, 0.29) is 18.4 Å². The van der Waals surface area contributed by atoms with Crippen LogP contribution in [0.4, 0.5) is 19.1 Å². The zero-order valence-electron chi connectivity index (χ0n) is 15.4. The van der Waals surface area contributed by atoms with Crippen LogP contribution in [-0.2, 0) is 15.8 Å². The first-order valence-corrected chi connectivity index (χ1v) is 8.35. The third kappa shape index (κ3) is 7.77. The Balaban J connectivity index is 2.76. The van der Waals surface area contributed by atoms with Gasteiger partial charge in [-0.1, -0.05) is 27.2 Å². The van der Waals surface area contributed by atoms with E-state index >= 15 is 0 Å². The number of nitrogens with one attached hydrogen (secondary N) is 2. The number of halogens is 3. The summed E-state index contributed by atoms with van der Waals surface area (Å²) in [7, 11) is 0. The molecule has 1 aromatic heterocycles. The van der Waals surface area contributed by atoms with Crippen LogP contribution in [-0.4, -0.2) is 39.1 Å². The maximum absolute atomic E-state index is 12.7. The Kier molecular flexibility index (Phi) is 7.95. The molecule has 0 fully saturated rings. The maximum Gasteiger partial charge on any atom is 0.433 e. The molecule has 0 aliphatic carbocycles. The summed E-state index contributed by atoms with van der Waals surface area (Å²) in [6.07, 6.45) is -1.67. The third-order valence-corrected chi connectivity index (χ3v) is 4.27. The minimum Gasteiger partial charge on any atom is -0.286 e. The average molecular weight is 391 g/mol. The lowest BCUT2D eigenvalue weighted by molar-refractivity contribution is -0.154. The molecule has 1 unspecified atom stereocenters. The van der Waals surface area contributed by atoms with Crippen molar-refractivity contribution in [2.24, 2.45) is 11.3 Å². The molecule has 0 saturated carbocycles. The second-order valence-corrected chi connectivity index (χ2v) is 6.86. The van der Waals surface area contributed by atoms with Crippen molar-refractivity contribution in [2.75, 3.05) is 12.0 Å². The van der Waals surface area contributed by atoms with Crippen LogP contribution in [0.3, 0.4) is 0 Å². The van der Waals surface area contributed by atoms with Crippen LogP contribution in [0.2, 0.25) is 0 Å². The van der Waals surface area contributed by atoms with Gasteiger partial charge in [0.05, 0.1) is 12.5 Å². The zero-order valence-corrected chi connectivity index (χ0v) is 15.4. The van der Waals surface area contributed by atoms with Crippen LogP contribution in [0, 0.1) is 11.3 Å². The Morgan fingerprint density at radius 3 is 2.63 bits per heavy atom.